The number of hydrogen-bond acceptors (Lipinski definition) is 4. The van der Waals surface area contributed by atoms with Gasteiger partial charge in [0.1, 0.15) is 0 Å². The van der Waals surface area contributed by atoms with E-state index in [2.05, 4.69) is 4.98 Å². The van der Waals surface area contributed by atoms with Crippen molar-refractivity contribution in [3.8, 4) is 11.6 Å². The average Bonchev–Trinajstić information content (AvgIpc) is 2.34. The molecule has 0 aliphatic carbocycles. The summed E-state index contributed by atoms with van der Waals surface area (Å²) >= 11 is 0. The number of hydrogen-bond donors (Lipinski definition) is 0. The van der Waals surface area contributed by atoms with Crippen LogP contribution in [-0.4, -0.2) is 30.9 Å². The third-order valence-corrected chi connectivity index (χ3v) is 2.03. The first-order valence-electron chi connectivity index (χ1n) is 5.06. The van der Waals surface area contributed by atoms with Gasteiger partial charge in [0.15, 0.2) is 18.1 Å². The van der Waals surface area contributed by atoms with E-state index in [1.165, 1.54) is 19.4 Å². The summed E-state index contributed by atoms with van der Waals surface area (Å²) in [4.78, 5) is 15.2. The van der Waals surface area contributed by atoms with Crippen molar-refractivity contribution < 1.29 is 23.0 Å². The quantitative estimate of drug-likeness (QED) is 0.722. The number of carbonyl (C=O) groups excluding carboxylic acids is 1. The topological polar surface area (TPSA) is 48.4 Å². The molecular weight excluding hydrogens is 232 g/mol. The highest BCUT2D eigenvalue weighted by molar-refractivity contribution is 5.96. The molecule has 0 spiro atoms. The largest absolute Gasteiger partial charge is 0.491 e. The van der Waals surface area contributed by atoms with Crippen molar-refractivity contribution in [1.82, 2.24) is 4.98 Å². The molecule has 6 heteroatoms. The van der Waals surface area contributed by atoms with Gasteiger partial charge in [-0.3, -0.25) is 4.79 Å². The van der Waals surface area contributed by atoms with Gasteiger partial charge >= 0.3 is 0 Å². The zero-order valence-corrected chi connectivity index (χ0v) is 9.57. The second-order valence-corrected chi connectivity index (χ2v) is 3.21. The summed E-state index contributed by atoms with van der Waals surface area (Å²) in [5.74, 6) is 0.0293. The number of rotatable bonds is 6. The molecule has 0 radical (unpaired) electrons. The lowest BCUT2D eigenvalue weighted by Crippen LogP contribution is -2.09. The van der Waals surface area contributed by atoms with Crippen LogP contribution in [0.15, 0.2) is 12.3 Å². The Morgan fingerprint density at radius 1 is 1.53 bits per heavy atom. The minimum atomic E-state index is -2.58. The van der Waals surface area contributed by atoms with Crippen LogP contribution in [0, 0.1) is 0 Å². The molecule has 1 rings (SSSR count). The van der Waals surface area contributed by atoms with Crippen LogP contribution in [-0.2, 0) is 0 Å². The molecule has 1 aromatic rings. The van der Waals surface area contributed by atoms with Crippen LogP contribution in [0.4, 0.5) is 8.78 Å². The van der Waals surface area contributed by atoms with Crippen LogP contribution in [0.2, 0.25) is 0 Å². The van der Waals surface area contributed by atoms with Crippen LogP contribution in [0.5, 0.6) is 11.6 Å². The molecule has 0 atom stereocenters. The summed E-state index contributed by atoms with van der Waals surface area (Å²) in [6, 6.07) is 1.43. The number of ketones is 1. The fraction of sp³-hybridized carbons (Fsp3) is 0.455. The van der Waals surface area contributed by atoms with Crippen molar-refractivity contribution in [3.05, 3.63) is 17.8 Å². The third-order valence-electron chi connectivity index (χ3n) is 2.03. The molecule has 0 amide bonds. The molecular formula is C11H13F2NO3. The van der Waals surface area contributed by atoms with Crippen LogP contribution in [0.3, 0.4) is 0 Å². The molecule has 0 fully saturated rings. The predicted octanol–water partition coefficient (Wildman–Crippen LogP) is 2.33. The molecule has 0 unspecified atom stereocenters. The number of ether oxygens (including phenoxy) is 2. The van der Waals surface area contributed by atoms with Gasteiger partial charge in [-0.25, -0.2) is 13.8 Å². The van der Waals surface area contributed by atoms with Gasteiger partial charge in [0.05, 0.1) is 7.11 Å². The monoisotopic (exact) mass is 245 g/mol. The third kappa shape index (κ3) is 3.65. The van der Waals surface area contributed by atoms with Gasteiger partial charge in [0.25, 0.3) is 12.3 Å². The minimum Gasteiger partial charge on any atom is -0.491 e. The summed E-state index contributed by atoms with van der Waals surface area (Å²) in [5, 5.41) is 0. The molecule has 4 nitrogen and oxygen atoms in total. The standard InChI is InChI=1S/C11H13F2NO3/c1-3-8(15)7-4-9(16-2)11(14-5-7)17-6-10(12)13/h4-5,10H,3,6H2,1-2H3. The van der Waals surface area contributed by atoms with Gasteiger partial charge in [0, 0.05) is 18.2 Å². The molecule has 0 saturated carbocycles. The van der Waals surface area contributed by atoms with Crippen molar-refractivity contribution in [1.29, 1.82) is 0 Å². The van der Waals surface area contributed by atoms with E-state index in [0.29, 0.717) is 12.0 Å². The number of alkyl halides is 2. The highest BCUT2D eigenvalue weighted by Gasteiger charge is 2.13. The first-order chi connectivity index (χ1) is 8.08. The number of methoxy groups -OCH3 is 1. The van der Waals surface area contributed by atoms with E-state index in [0.717, 1.165) is 0 Å². The van der Waals surface area contributed by atoms with E-state index < -0.39 is 13.0 Å². The SMILES string of the molecule is CCC(=O)c1cnc(OCC(F)F)c(OC)c1. The lowest BCUT2D eigenvalue weighted by atomic mass is 10.1. The smallest absolute Gasteiger partial charge is 0.272 e. The van der Waals surface area contributed by atoms with Gasteiger partial charge in [0.2, 0.25) is 0 Å². The Morgan fingerprint density at radius 2 is 2.24 bits per heavy atom. The number of nitrogens with zero attached hydrogens (tertiary/aromatic N) is 1. The van der Waals surface area contributed by atoms with E-state index in [9.17, 15) is 13.6 Å². The maximum atomic E-state index is 12.0. The van der Waals surface area contributed by atoms with Crippen LogP contribution in [0.1, 0.15) is 23.7 Å². The maximum absolute atomic E-state index is 12.0. The van der Waals surface area contributed by atoms with Gasteiger partial charge < -0.3 is 9.47 Å². The molecule has 0 N–H and O–H groups in total. The Morgan fingerprint density at radius 3 is 2.76 bits per heavy atom. The average molecular weight is 245 g/mol. The molecule has 0 bridgehead atoms. The highest BCUT2D eigenvalue weighted by Crippen LogP contribution is 2.25. The Kier molecular flexibility index (Phi) is 4.81. The predicted molar refractivity (Wildman–Crippen MR) is 56.9 cm³/mol. The first kappa shape index (κ1) is 13.3. The number of aromatic nitrogens is 1. The molecule has 94 valence electrons. The van der Waals surface area contributed by atoms with Gasteiger partial charge in [-0.2, -0.15) is 0 Å². The second-order valence-electron chi connectivity index (χ2n) is 3.21. The molecule has 0 aliphatic heterocycles. The lowest BCUT2D eigenvalue weighted by molar-refractivity contribution is 0.0778. The summed E-state index contributed by atoms with van der Waals surface area (Å²) in [6.07, 6.45) is -0.963. The highest BCUT2D eigenvalue weighted by atomic mass is 19.3. The Labute approximate surface area is 97.6 Å². The first-order valence-corrected chi connectivity index (χ1v) is 5.06. The Bertz CT molecular complexity index is 396. The van der Waals surface area contributed by atoms with Crippen molar-refractivity contribution in [2.24, 2.45) is 0 Å². The molecule has 1 heterocycles. The minimum absolute atomic E-state index is 0.0412. The van der Waals surface area contributed by atoms with Crippen LogP contribution < -0.4 is 9.47 Å². The van der Waals surface area contributed by atoms with Gasteiger partial charge in [-0.05, 0) is 6.07 Å². The zero-order chi connectivity index (χ0) is 12.8. The number of halogens is 2. The van der Waals surface area contributed by atoms with Crippen molar-refractivity contribution in [2.45, 2.75) is 19.8 Å². The summed E-state index contributed by atoms with van der Waals surface area (Å²) in [5.41, 5.74) is 0.369. The van der Waals surface area contributed by atoms with Crippen molar-refractivity contribution in [3.63, 3.8) is 0 Å². The number of Topliss-reactive ketones (excluding diaryl/α,β-unsaturated/α-hetero) is 1. The van der Waals surface area contributed by atoms with E-state index in [1.54, 1.807) is 6.92 Å². The molecule has 0 aromatic carbocycles. The Balaban J connectivity index is 2.89. The number of pyridine rings is 1. The van der Waals surface area contributed by atoms with E-state index in [4.69, 9.17) is 9.47 Å². The lowest BCUT2D eigenvalue weighted by Gasteiger charge is -2.09. The number of carbonyl (C=O) groups is 1. The molecule has 0 aliphatic rings. The Hall–Kier alpha value is -1.72. The second kappa shape index (κ2) is 6.12. The molecule has 1 aromatic heterocycles. The zero-order valence-electron chi connectivity index (χ0n) is 9.57. The van der Waals surface area contributed by atoms with Gasteiger partial charge in [-0.15, -0.1) is 0 Å². The normalized spacial score (nSPS) is 10.4. The molecule has 17 heavy (non-hydrogen) atoms. The van der Waals surface area contributed by atoms with E-state index in [1.807, 2.05) is 0 Å². The van der Waals surface area contributed by atoms with Crippen LogP contribution >= 0.6 is 0 Å². The maximum Gasteiger partial charge on any atom is 0.272 e. The summed E-state index contributed by atoms with van der Waals surface area (Å²) in [7, 11) is 1.35. The molecule has 0 saturated heterocycles. The fourth-order valence-electron chi connectivity index (χ4n) is 1.19. The van der Waals surface area contributed by atoms with E-state index in [-0.39, 0.29) is 17.4 Å². The summed E-state index contributed by atoms with van der Waals surface area (Å²) in [6.45, 7) is 0.959. The van der Waals surface area contributed by atoms with Crippen molar-refractivity contribution >= 4 is 5.78 Å². The van der Waals surface area contributed by atoms with Crippen LogP contribution in [0.25, 0.3) is 0 Å². The van der Waals surface area contributed by atoms with Gasteiger partial charge in [-0.1, -0.05) is 6.92 Å². The van der Waals surface area contributed by atoms with Crippen molar-refractivity contribution in [2.75, 3.05) is 13.7 Å². The van der Waals surface area contributed by atoms with E-state index >= 15 is 0 Å². The fourth-order valence-corrected chi connectivity index (χ4v) is 1.19. The summed E-state index contributed by atoms with van der Waals surface area (Å²) < 4.78 is 33.6.